The summed E-state index contributed by atoms with van der Waals surface area (Å²) in [5.41, 5.74) is 5.73. The number of rotatable bonds is 4. The van der Waals surface area contributed by atoms with Crippen LogP contribution in [0.4, 0.5) is 5.69 Å². The topological polar surface area (TPSA) is 38.8 Å². The quantitative estimate of drug-likeness (QED) is 0.576. The molecule has 1 amide bonds. The zero-order valence-corrected chi connectivity index (χ0v) is 16.2. The molecule has 4 heteroatoms. The van der Waals surface area contributed by atoms with Crippen molar-refractivity contribution in [3.63, 3.8) is 0 Å². The molecule has 0 unspecified atom stereocenters. The second kappa shape index (κ2) is 7.13. The molecule has 0 spiro atoms. The van der Waals surface area contributed by atoms with E-state index in [2.05, 4.69) is 13.0 Å². The summed E-state index contributed by atoms with van der Waals surface area (Å²) >= 11 is 0. The molecule has 0 atom stereocenters. The lowest BCUT2D eigenvalue weighted by molar-refractivity contribution is 0.101. The zero-order valence-electron chi connectivity index (χ0n) is 16.2. The molecular weight excluding hydrogens is 362 g/mol. The molecule has 0 fully saturated rings. The second-order valence-electron chi connectivity index (χ2n) is 7.17. The molecule has 0 saturated carbocycles. The second-order valence-corrected chi connectivity index (χ2v) is 7.17. The van der Waals surface area contributed by atoms with E-state index < -0.39 is 0 Å². The highest BCUT2D eigenvalue weighted by atomic mass is 16.7. The van der Waals surface area contributed by atoms with Crippen LogP contribution in [0.25, 0.3) is 11.3 Å². The number of fused-ring (bicyclic) bond motifs is 2. The number of carbonyl (C=O) groups is 1. The number of hydrogen-bond acceptors (Lipinski definition) is 3. The van der Waals surface area contributed by atoms with Crippen LogP contribution in [-0.4, -0.2) is 12.7 Å². The van der Waals surface area contributed by atoms with Crippen molar-refractivity contribution in [1.82, 2.24) is 0 Å². The molecule has 4 nitrogen and oxygen atoms in total. The SMILES string of the molecule is CCC/C(=C1/c2ccccc2C(=O)N1c1ccccc1)c1ccc2c(c1)OCO2. The van der Waals surface area contributed by atoms with Crippen molar-refractivity contribution >= 4 is 22.9 Å². The smallest absolute Gasteiger partial charge is 0.263 e. The molecule has 144 valence electrons. The Bertz CT molecular complexity index is 1120. The van der Waals surface area contributed by atoms with E-state index in [4.69, 9.17) is 9.47 Å². The highest BCUT2D eigenvalue weighted by molar-refractivity contribution is 6.25. The maximum Gasteiger partial charge on any atom is 0.263 e. The average molecular weight is 383 g/mol. The number of ether oxygens (including phenoxy) is 2. The Labute approximate surface area is 170 Å². The van der Waals surface area contributed by atoms with E-state index in [0.29, 0.717) is 0 Å². The van der Waals surface area contributed by atoms with Gasteiger partial charge in [0.15, 0.2) is 11.5 Å². The summed E-state index contributed by atoms with van der Waals surface area (Å²) in [5.74, 6) is 1.52. The third-order valence-electron chi connectivity index (χ3n) is 5.36. The van der Waals surface area contributed by atoms with Gasteiger partial charge in [0.25, 0.3) is 5.91 Å². The lowest BCUT2D eigenvalue weighted by Gasteiger charge is -2.23. The number of para-hydroxylation sites is 1. The van der Waals surface area contributed by atoms with E-state index in [9.17, 15) is 4.79 Å². The van der Waals surface area contributed by atoms with Crippen molar-refractivity contribution in [3.8, 4) is 11.5 Å². The van der Waals surface area contributed by atoms with Crippen LogP contribution in [-0.2, 0) is 0 Å². The van der Waals surface area contributed by atoms with Crippen molar-refractivity contribution in [2.24, 2.45) is 0 Å². The summed E-state index contributed by atoms with van der Waals surface area (Å²) in [6, 6.07) is 23.7. The van der Waals surface area contributed by atoms with Crippen molar-refractivity contribution in [2.75, 3.05) is 11.7 Å². The third kappa shape index (κ3) is 2.88. The number of anilines is 1. The van der Waals surface area contributed by atoms with E-state index >= 15 is 0 Å². The highest BCUT2D eigenvalue weighted by Crippen LogP contribution is 2.44. The minimum Gasteiger partial charge on any atom is -0.454 e. The maximum absolute atomic E-state index is 13.4. The van der Waals surface area contributed by atoms with Gasteiger partial charge in [0.2, 0.25) is 6.79 Å². The molecule has 2 aliphatic heterocycles. The zero-order chi connectivity index (χ0) is 19.8. The van der Waals surface area contributed by atoms with Crippen LogP contribution in [0.1, 0.15) is 41.3 Å². The number of hydrogen-bond donors (Lipinski definition) is 0. The fourth-order valence-corrected chi connectivity index (χ4v) is 4.07. The Morgan fingerprint density at radius 3 is 2.41 bits per heavy atom. The van der Waals surface area contributed by atoms with Crippen molar-refractivity contribution in [2.45, 2.75) is 19.8 Å². The Morgan fingerprint density at radius 1 is 0.897 bits per heavy atom. The molecule has 0 radical (unpaired) electrons. The Kier molecular flexibility index (Phi) is 4.32. The van der Waals surface area contributed by atoms with E-state index in [-0.39, 0.29) is 12.7 Å². The number of benzene rings is 3. The molecular formula is C25H21NO3. The molecule has 0 N–H and O–H groups in total. The number of carbonyl (C=O) groups excluding carboxylic acids is 1. The van der Waals surface area contributed by atoms with E-state index in [1.165, 1.54) is 0 Å². The van der Waals surface area contributed by atoms with Crippen LogP contribution in [0.2, 0.25) is 0 Å². The monoisotopic (exact) mass is 383 g/mol. The molecule has 0 aliphatic carbocycles. The third-order valence-corrected chi connectivity index (χ3v) is 5.36. The lowest BCUT2D eigenvalue weighted by atomic mass is 9.95. The van der Waals surface area contributed by atoms with Gasteiger partial charge in [-0.25, -0.2) is 0 Å². The van der Waals surface area contributed by atoms with Gasteiger partial charge in [0.1, 0.15) is 0 Å². The molecule has 2 heterocycles. The predicted octanol–water partition coefficient (Wildman–Crippen LogP) is 5.74. The first-order valence-electron chi connectivity index (χ1n) is 9.90. The van der Waals surface area contributed by atoms with Gasteiger partial charge in [-0.15, -0.1) is 0 Å². The van der Waals surface area contributed by atoms with Gasteiger partial charge in [-0.3, -0.25) is 9.69 Å². The van der Waals surface area contributed by atoms with Crippen LogP contribution in [0.3, 0.4) is 0 Å². The molecule has 3 aromatic rings. The van der Waals surface area contributed by atoms with Crippen molar-refractivity contribution in [3.05, 3.63) is 89.5 Å². The van der Waals surface area contributed by atoms with Gasteiger partial charge < -0.3 is 9.47 Å². The summed E-state index contributed by atoms with van der Waals surface area (Å²) < 4.78 is 11.1. The first-order chi connectivity index (χ1) is 14.3. The average Bonchev–Trinajstić information content (AvgIpc) is 3.35. The fraction of sp³-hybridized carbons (Fsp3) is 0.160. The molecule has 0 saturated heterocycles. The summed E-state index contributed by atoms with van der Waals surface area (Å²) in [4.78, 5) is 15.2. The largest absolute Gasteiger partial charge is 0.454 e. The van der Waals surface area contributed by atoms with Crippen molar-refractivity contribution < 1.29 is 14.3 Å². The normalized spacial score (nSPS) is 16.2. The van der Waals surface area contributed by atoms with Crippen LogP contribution < -0.4 is 14.4 Å². The summed E-state index contributed by atoms with van der Waals surface area (Å²) in [7, 11) is 0. The van der Waals surface area contributed by atoms with E-state index in [1.54, 1.807) is 0 Å². The number of amides is 1. The number of nitrogens with zero attached hydrogens (tertiary/aromatic N) is 1. The minimum absolute atomic E-state index is 0.0103. The lowest BCUT2D eigenvalue weighted by Crippen LogP contribution is -2.23. The van der Waals surface area contributed by atoms with Gasteiger partial charge in [0.05, 0.1) is 5.70 Å². The van der Waals surface area contributed by atoms with Crippen LogP contribution in [0, 0.1) is 0 Å². The molecule has 3 aromatic carbocycles. The minimum atomic E-state index is 0.0103. The highest BCUT2D eigenvalue weighted by Gasteiger charge is 2.35. The van der Waals surface area contributed by atoms with Gasteiger partial charge in [-0.1, -0.05) is 55.8 Å². The molecule has 0 aromatic heterocycles. The van der Waals surface area contributed by atoms with Gasteiger partial charge in [-0.2, -0.15) is 0 Å². The summed E-state index contributed by atoms with van der Waals surface area (Å²) in [6.45, 7) is 2.40. The van der Waals surface area contributed by atoms with Crippen LogP contribution in [0.15, 0.2) is 72.8 Å². The Hall–Kier alpha value is -3.53. The van der Waals surface area contributed by atoms with Crippen LogP contribution >= 0.6 is 0 Å². The summed E-state index contributed by atoms with van der Waals surface area (Å²) in [5, 5.41) is 0. The first kappa shape index (κ1) is 17.6. The predicted molar refractivity (Wildman–Crippen MR) is 114 cm³/mol. The molecule has 0 bridgehead atoms. The molecule has 29 heavy (non-hydrogen) atoms. The Morgan fingerprint density at radius 2 is 1.62 bits per heavy atom. The van der Waals surface area contributed by atoms with Gasteiger partial charge in [-0.05, 0) is 47.9 Å². The maximum atomic E-state index is 13.4. The standard InChI is InChI=1S/C25H21NO3/c1-2-8-19(17-13-14-22-23(15-17)29-16-28-22)24-20-11-6-7-12-21(20)25(27)26(24)18-9-4-3-5-10-18/h3-7,9-15H,2,8,16H2,1H3/b24-19+. The van der Waals surface area contributed by atoms with E-state index in [1.807, 2.05) is 71.6 Å². The van der Waals surface area contributed by atoms with Gasteiger partial charge >= 0.3 is 0 Å². The molecule has 2 aliphatic rings. The molecule has 5 rings (SSSR count). The van der Waals surface area contributed by atoms with Gasteiger partial charge in [0, 0.05) is 16.8 Å². The Balaban J connectivity index is 1.77. The number of allylic oxidation sites excluding steroid dienone is 1. The van der Waals surface area contributed by atoms with Crippen LogP contribution in [0.5, 0.6) is 11.5 Å². The fourth-order valence-electron chi connectivity index (χ4n) is 4.07. The first-order valence-corrected chi connectivity index (χ1v) is 9.90. The summed E-state index contributed by atoms with van der Waals surface area (Å²) in [6.07, 6.45) is 1.81. The van der Waals surface area contributed by atoms with E-state index in [0.717, 1.165) is 58.0 Å². The van der Waals surface area contributed by atoms with Crippen molar-refractivity contribution in [1.29, 1.82) is 0 Å².